The molecule has 23 heavy (non-hydrogen) atoms. The Morgan fingerprint density at radius 1 is 0.696 bits per heavy atom. The Kier molecular flexibility index (Phi) is 4.45. The van der Waals surface area contributed by atoms with Crippen molar-refractivity contribution in [3.05, 3.63) is 105 Å². The molecule has 0 aliphatic heterocycles. The second-order valence-corrected chi connectivity index (χ2v) is 6.47. The van der Waals surface area contributed by atoms with E-state index in [-0.39, 0.29) is 0 Å². The fourth-order valence-corrected chi connectivity index (χ4v) is 3.18. The molecule has 0 atom stereocenters. The second-order valence-electron chi connectivity index (χ2n) is 5.60. The Balaban J connectivity index is 2.29. The van der Waals surface area contributed by atoms with Crippen LogP contribution in [0.15, 0.2) is 72.8 Å². The fourth-order valence-electron chi connectivity index (χ4n) is 2.80. The molecule has 0 bridgehead atoms. The van der Waals surface area contributed by atoms with Gasteiger partial charge in [0, 0.05) is 10.0 Å². The smallest absolute Gasteiger partial charge is 0.140 e. The van der Waals surface area contributed by atoms with E-state index in [4.69, 9.17) is 23.2 Å². The first-order chi connectivity index (χ1) is 11.0. The third-order valence-electron chi connectivity index (χ3n) is 3.92. The highest BCUT2D eigenvalue weighted by Crippen LogP contribution is 2.38. The molecule has 0 fully saturated rings. The lowest BCUT2D eigenvalue weighted by Crippen LogP contribution is -2.29. The summed E-state index contributed by atoms with van der Waals surface area (Å²) in [5, 5.41) is 12.8. The molecular weight excluding hydrogens is 327 g/mol. The molecule has 0 heterocycles. The Labute approximate surface area is 146 Å². The van der Waals surface area contributed by atoms with Gasteiger partial charge < -0.3 is 5.11 Å². The highest BCUT2D eigenvalue weighted by atomic mass is 35.5. The van der Waals surface area contributed by atoms with E-state index >= 15 is 0 Å². The number of hydrogen-bond acceptors (Lipinski definition) is 1. The van der Waals surface area contributed by atoms with Crippen molar-refractivity contribution in [1.82, 2.24) is 0 Å². The second kappa shape index (κ2) is 6.37. The molecule has 3 aromatic rings. The molecule has 1 N–H and O–H groups in total. The summed E-state index contributed by atoms with van der Waals surface area (Å²) in [5.41, 5.74) is 1.95. The molecule has 0 unspecified atom stereocenters. The van der Waals surface area contributed by atoms with Crippen molar-refractivity contribution in [3.63, 3.8) is 0 Å². The van der Waals surface area contributed by atoms with Gasteiger partial charge in [-0.2, -0.15) is 0 Å². The summed E-state index contributed by atoms with van der Waals surface area (Å²) in [6, 6.07) is 22.4. The average molecular weight is 343 g/mol. The van der Waals surface area contributed by atoms with Crippen molar-refractivity contribution in [2.45, 2.75) is 12.5 Å². The Hall–Kier alpha value is -1.80. The number of hydrogen-bond donors (Lipinski definition) is 1. The molecule has 3 heteroatoms. The van der Waals surface area contributed by atoms with Crippen molar-refractivity contribution in [2.75, 3.05) is 0 Å². The molecule has 0 radical (unpaired) electrons. The standard InChI is InChI=1S/C20H16Cl2O/c1-14-5-2-6-15(11-14)20(23,16-7-3-9-18(21)12-16)17-8-4-10-19(22)13-17/h2-13,23H,1H3. The minimum Gasteiger partial charge on any atom is -0.376 e. The maximum Gasteiger partial charge on any atom is 0.140 e. The lowest BCUT2D eigenvalue weighted by molar-refractivity contribution is 0.125. The summed E-state index contributed by atoms with van der Waals surface area (Å²) in [6.45, 7) is 2.00. The van der Waals surface area contributed by atoms with E-state index in [1.165, 1.54) is 0 Å². The molecule has 0 aliphatic rings. The van der Waals surface area contributed by atoms with E-state index < -0.39 is 5.60 Å². The Morgan fingerprint density at radius 3 is 1.57 bits per heavy atom. The normalized spacial score (nSPS) is 11.5. The van der Waals surface area contributed by atoms with Crippen LogP contribution in [0.4, 0.5) is 0 Å². The van der Waals surface area contributed by atoms with Gasteiger partial charge in [0.25, 0.3) is 0 Å². The molecule has 0 saturated carbocycles. The van der Waals surface area contributed by atoms with Gasteiger partial charge in [0.15, 0.2) is 0 Å². The minimum absolute atomic E-state index is 0.579. The number of benzene rings is 3. The van der Waals surface area contributed by atoms with Crippen molar-refractivity contribution in [1.29, 1.82) is 0 Å². The molecular formula is C20H16Cl2O. The summed E-state index contributed by atoms with van der Waals surface area (Å²) in [5.74, 6) is 0. The first-order valence-electron chi connectivity index (χ1n) is 7.32. The molecule has 3 aromatic carbocycles. The topological polar surface area (TPSA) is 20.2 Å². The van der Waals surface area contributed by atoms with Crippen LogP contribution in [0.3, 0.4) is 0 Å². The molecule has 0 saturated heterocycles. The molecule has 116 valence electrons. The van der Waals surface area contributed by atoms with Crippen LogP contribution in [-0.2, 0) is 5.60 Å². The largest absolute Gasteiger partial charge is 0.376 e. The summed E-state index contributed by atoms with van der Waals surface area (Å²) < 4.78 is 0. The minimum atomic E-state index is -1.32. The zero-order valence-electron chi connectivity index (χ0n) is 12.6. The predicted octanol–water partition coefficient (Wildman–Crippen LogP) is 5.59. The van der Waals surface area contributed by atoms with E-state index in [9.17, 15) is 5.11 Å². The Bertz CT molecular complexity index is 731. The van der Waals surface area contributed by atoms with Crippen molar-refractivity contribution in [3.8, 4) is 0 Å². The first-order valence-corrected chi connectivity index (χ1v) is 8.07. The molecule has 0 aromatic heterocycles. The summed E-state index contributed by atoms with van der Waals surface area (Å²) in [6.07, 6.45) is 0. The molecule has 3 rings (SSSR count). The van der Waals surface area contributed by atoms with E-state index in [0.29, 0.717) is 21.2 Å². The van der Waals surface area contributed by atoms with Gasteiger partial charge in [-0.25, -0.2) is 0 Å². The summed E-state index contributed by atoms with van der Waals surface area (Å²) in [7, 11) is 0. The maximum atomic E-state index is 11.7. The summed E-state index contributed by atoms with van der Waals surface area (Å²) >= 11 is 12.3. The SMILES string of the molecule is Cc1cccc(C(O)(c2cccc(Cl)c2)c2cccc(Cl)c2)c1. The van der Waals surface area contributed by atoms with Crippen LogP contribution in [0.5, 0.6) is 0 Å². The molecule has 0 aliphatic carbocycles. The van der Waals surface area contributed by atoms with Crippen LogP contribution in [0.2, 0.25) is 10.0 Å². The van der Waals surface area contributed by atoms with Crippen molar-refractivity contribution in [2.24, 2.45) is 0 Å². The van der Waals surface area contributed by atoms with Crippen LogP contribution in [0.1, 0.15) is 22.3 Å². The van der Waals surface area contributed by atoms with Crippen LogP contribution in [0, 0.1) is 6.92 Å². The molecule has 0 amide bonds. The average Bonchev–Trinajstić information content (AvgIpc) is 2.54. The molecule has 0 spiro atoms. The number of aliphatic hydroxyl groups is 1. The van der Waals surface area contributed by atoms with Gasteiger partial charge in [-0.1, -0.05) is 77.3 Å². The van der Waals surface area contributed by atoms with Crippen molar-refractivity contribution < 1.29 is 5.11 Å². The van der Waals surface area contributed by atoms with Crippen LogP contribution < -0.4 is 0 Å². The quantitative estimate of drug-likeness (QED) is 0.615. The van der Waals surface area contributed by atoms with E-state index in [0.717, 1.165) is 11.1 Å². The van der Waals surface area contributed by atoms with Gasteiger partial charge in [-0.3, -0.25) is 0 Å². The molecule has 1 nitrogen and oxygen atoms in total. The van der Waals surface area contributed by atoms with Gasteiger partial charge >= 0.3 is 0 Å². The monoisotopic (exact) mass is 342 g/mol. The van der Waals surface area contributed by atoms with E-state index in [2.05, 4.69) is 0 Å². The highest BCUT2D eigenvalue weighted by molar-refractivity contribution is 6.31. The van der Waals surface area contributed by atoms with E-state index in [1.807, 2.05) is 55.5 Å². The zero-order chi connectivity index (χ0) is 16.4. The van der Waals surface area contributed by atoms with Crippen LogP contribution in [0.25, 0.3) is 0 Å². The van der Waals surface area contributed by atoms with Crippen LogP contribution in [-0.4, -0.2) is 5.11 Å². The van der Waals surface area contributed by atoms with Crippen LogP contribution >= 0.6 is 23.2 Å². The number of halogens is 2. The number of rotatable bonds is 3. The lowest BCUT2D eigenvalue weighted by Gasteiger charge is -2.30. The number of aryl methyl sites for hydroxylation is 1. The first kappa shape index (κ1) is 16.1. The fraction of sp³-hybridized carbons (Fsp3) is 0.100. The lowest BCUT2D eigenvalue weighted by atomic mass is 9.80. The predicted molar refractivity (Wildman–Crippen MR) is 96.2 cm³/mol. The highest BCUT2D eigenvalue weighted by Gasteiger charge is 2.34. The van der Waals surface area contributed by atoms with Gasteiger partial charge in [0.2, 0.25) is 0 Å². The van der Waals surface area contributed by atoms with Crippen molar-refractivity contribution >= 4 is 23.2 Å². The Morgan fingerprint density at radius 2 is 1.13 bits per heavy atom. The maximum absolute atomic E-state index is 11.7. The van der Waals surface area contributed by atoms with Gasteiger partial charge in [0.05, 0.1) is 0 Å². The van der Waals surface area contributed by atoms with Gasteiger partial charge in [0.1, 0.15) is 5.60 Å². The van der Waals surface area contributed by atoms with E-state index in [1.54, 1.807) is 24.3 Å². The van der Waals surface area contributed by atoms with Gasteiger partial charge in [-0.05, 0) is 47.9 Å². The third kappa shape index (κ3) is 3.13. The summed E-state index contributed by atoms with van der Waals surface area (Å²) in [4.78, 5) is 0. The van der Waals surface area contributed by atoms with Gasteiger partial charge in [-0.15, -0.1) is 0 Å². The third-order valence-corrected chi connectivity index (χ3v) is 4.39. The zero-order valence-corrected chi connectivity index (χ0v) is 14.1.